The molecular weight excluding hydrogens is 429 g/mol. The van der Waals surface area contributed by atoms with Crippen LogP contribution in [0.4, 0.5) is 5.69 Å². The number of nitrogens with one attached hydrogen (secondary N) is 1. The number of halogens is 2. The Hall–Kier alpha value is -3.52. The Labute approximate surface area is 189 Å². The maximum absolute atomic E-state index is 12.6. The van der Waals surface area contributed by atoms with E-state index < -0.39 is 0 Å². The number of nitriles is 1. The van der Waals surface area contributed by atoms with Gasteiger partial charge in [0.1, 0.15) is 6.54 Å². The predicted molar refractivity (Wildman–Crippen MR) is 127 cm³/mol. The van der Waals surface area contributed by atoms with Gasteiger partial charge in [-0.25, -0.2) is 0 Å². The number of allylic oxidation sites excluding steroid dienone is 1. The lowest BCUT2D eigenvalue weighted by molar-refractivity contribution is -0.116. The fourth-order valence-electron chi connectivity index (χ4n) is 3.43. The highest BCUT2D eigenvalue weighted by molar-refractivity contribution is 6.36. The van der Waals surface area contributed by atoms with Gasteiger partial charge in [0.15, 0.2) is 0 Å². The lowest BCUT2D eigenvalue weighted by Gasteiger charge is -2.07. The van der Waals surface area contributed by atoms with Crippen molar-refractivity contribution < 1.29 is 4.79 Å². The first-order chi connectivity index (χ1) is 15.0. The summed E-state index contributed by atoms with van der Waals surface area (Å²) >= 11 is 12.3. The van der Waals surface area contributed by atoms with Crippen LogP contribution < -0.4 is 5.32 Å². The van der Waals surface area contributed by atoms with Gasteiger partial charge in [-0.1, -0.05) is 65.7 Å². The molecule has 0 aliphatic rings. The third kappa shape index (κ3) is 4.64. The van der Waals surface area contributed by atoms with Gasteiger partial charge >= 0.3 is 0 Å². The lowest BCUT2D eigenvalue weighted by atomic mass is 10.0. The summed E-state index contributed by atoms with van der Waals surface area (Å²) in [7, 11) is 0. The lowest BCUT2D eigenvalue weighted by Crippen LogP contribution is -2.18. The van der Waals surface area contributed by atoms with Crippen LogP contribution in [-0.2, 0) is 11.3 Å². The highest BCUT2D eigenvalue weighted by Crippen LogP contribution is 2.30. The molecule has 0 radical (unpaired) electrons. The average Bonchev–Trinajstić information content (AvgIpc) is 3.10. The van der Waals surface area contributed by atoms with Crippen LogP contribution in [0, 0.1) is 11.3 Å². The van der Waals surface area contributed by atoms with Crippen molar-refractivity contribution in [3.05, 3.63) is 100 Å². The van der Waals surface area contributed by atoms with Gasteiger partial charge in [0.2, 0.25) is 5.91 Å². The highest BCUT2D eigenvalue weighted by atomic mass is 35.5. The van der Waals surface area contributed by atoms with Gasteiger partial charge in [0.25, 0.3) is 0 Å². The summed E-state index contributed by atoms with van der Waals surface area (Å²) in [6.07, 6.45) is 3.65. The number of amides is 1. The van der Waals surface area contributed by atoms with Crippen LogP contribution in [0.2, 0.25) is 10.0 Å². The number of benzene rings is 3. The third-order valence-electron chi connectivity index (χ3n) is 4.83. The van der Waals surface area contributed by atoms with Gasteiger partial charge in [-0.3, -0.25) is 4.79 Å². The van der Waals surface area contributed by atoms with Gasteiger partial charge in [-0.2, -0.15) is 5.26 Å². The second-order valence-electron chi connectivity index (χ2n) is 6.94. The van der Waals surface area contributed by atoms with Crippen LogP contribution in [0.15, 0.2) is 79.0 Å². The molecule has 1 N–H and O–H groups in total. The molecule has 1 heterocycles. The molecule has 31 heavy (non-hydrogen) atoms. The summed E-state index contributed by atoms with van der Waals surface area (Å²) in [5, 5.41) is 14.5. The van der Waals surface area contributed by atoms with E-state index in [-0.39, 0.29) is 12.5 Å². The standard InChI is InChI=1S/C25H17Cl2N3O/c26-19-10-11-21(23(27)13-19)17(14-28)12-18-15-30(24-9-5-4-8-22(18)24)16-25(31)29-20-6-2-1-3-7-20/h1-13,15H,16H2,(H,29,31)/b17-12+. The van der Waals surface area contributed by atoms with Crippen molar-refractivity contribution in [3.8, 4) is 6.07 Å². The Morgan fingerprint density at radius 1 is 1.03 bits per heavy atom. The molecule has 0 saturated carbocycles. The molecule has 4 aromatic rings. The van der Waals surface area contributed by atoms with E-state index in [1.54, 1.807) is 24.3 Å². The number of fused-ring (bicyclic) bond motifs is 1. The number of hydrogen-bond acceptors (Lipinski definition) is 2. The first-order valence-electron chi connectivity index (χ1n) is 9.55. The number of anilines is 1. The van der Waals surface area contributed by atoms with Crippen molar-refractivity contribution in [1.82, 2.24) is 4.57 Å². The van der Waals surface area contributed by atoms with Gasteiger partial charge in [-0.15, -0.1) is 0 Å². The van der Waals surface area contributed by atoms with E-state index in [4.69, 9.17) is 23.2 Å². The van der Waals surface area contributed by atoms with Gasteiger partial charge in [0, 0.05) is 38.9 Å². The zero-order valence-corrected chi connectivity index (χ0v) is 17.9. The normalized spacial score (nSPS) is 11.3. The van der Waals surface area contributed by atoms with Crippen molar-refractivity contribution in [1.29, 1.82) is 5.26 Å². The summed E-state index contributed by atoms with van der Waals surface area (Å²) < 4.78 is 1.87. The van der Waals surface area contributed by atoms with Crippen molar-refractivity contribution in [2.45, 2.75) is 6.54 Å². The molecule has 4 rings (SSSR count). The molecule has 3 aromatic carbocycles. The van der Waals surface area contributed by atoms with Crippen LogP contribution >= 0.6 is 23.2 Å². The van der Waals surface area contributed by atoms with Crippen LogP contribution in [0.1, 0.15) is 11.1 Å². The minimum absolute atomic E-state index is 0.135. The molecule has 0 unspecified atom stereocenters. The Bertz CT molecular complexity index is 1330. The van der Waals surface area contributed by atoms with E-state index in [2.05, 4.69) is 11.4 Å². The molecule has 1 amide bonds. The minimum Gasteiger partial charge on any atom is -0.337 e. The van der Waals surface area contributed by atoms with E-state index in [1.807, 2.05) is 65.4 Å². The molecule has 152 valence electrons. The predicted octanol–water partition coefficient (Wildman–Crippen LogP) is 6.65. The Kier molecular flexibility index (Phi) is 6.08. The first-order valence-corrected chi connectivity index (χ1v) is 10.3. The average molecular weight is 446 g/mol. The number of rotatable bonds is 5. The highest BCUT2D eigenvalue weighted by Gasteiger charge is 2.13. The molecule has 0 spiro atoms. The molecule has 1 aromatic heterocycles. The van der Waals surface area contributed by atoms with Crippen molar-refractivity contribution in [3.63, 3.8) is 0 Å². The van der Waals surface area contributed by atoms with Gasteiger partial charge in [-0.05, 0) is 36.4 Å². The topological polar surface area (TPSA) is 57.8 Å². The van der Waals surface area contributed by atoms with Gasteiger partial charge in [0.05, 0.1) is 16.7 Å². The fourth-order valence-corrected chi connectivity index (χ4v) is 3.94. The smallest absolute Gasteiger partial charge is 0.244 e. The zero-order valence-electron chi connectivity index (χ0n) is 16.3. The molecule has 0 bridgehead atoms. The number of para-hydroxylation sites is 2. The van der Waals surface area contributed by atoms with E-state index >= 15 is 0 Å². The molecule has 4 nitrogen and oxygen atoms in total. The number of carbonyl (C=O) groups excluding carboxylic acids is 1. The Morgan fingerprint density at radius 2 is 1.77 bits per heavy atom. The fraction of sp³-hybridized carbons (Fsp3) is 0.0400. The van der Waals surface area contributed by atoms with E-state index in [0.29, 0.717) is 21.2 Å². The van der Waals surface area contributed by atoms with Crippen molar-refractivity contribution in [2.75, 3.05) is 5.32 Å². The Balaban J connectivity index is 1.70. The largest absolute Gasteiger partial charge is 0.337 e. The molecule has 0 atom stereocenters. The summed E-state index contributed by atoms with van der Waals surface area (Å²) in [6.45, 7) is 0.146. The minimum atomic E-state index is -0.135. The second-order valence-corrected chi connectivity index (χ2v) is 7.78. The van der Waals surface area contributed by atoms with E-state index in [9.17, 15) is 10.1 Å². The van der Waals surface area contributed by atoms with Crippen LogP contribution in [0.25, 0.3) is 22.6 Å². The number of carbonyl (C=O) groups is 1. The Morgan fingerprint density at radius 3 is 2.52 bits per heavy atom. The van der Waals surface area contributed by atoms with Crippen molar-refractivity contribution >= 4 is 57.3 Å². The van der Waals surface area contributed by atoms with Gasteiger partial charge < -0.3 is 9.88 Å². The van der Waals surface area contributed by atoms with Crippen LogP contribution in [0.5, 0.6) is 0 Å². The summed E-state index contributed by atoms with van der Waals surface area (Å²) in [5.74, 6) is -0.135. The molecule has 0 aliphatic carbocycles. The quantitative estimate of drug-likeness (QED) is 0.349. The number of aromatic nitrogens is 1. The molecule has 0 fully saturated rings. The maximum atomic E-state index is 12.6. The summed E-state index contributed by atoms with van der Waals surface area (Å²) in [4.78, 5) is 12.6. The zero-order chi connectivity index (χ0) is 21.8. The summed E-state index contributed by atoms with van der Waals surface area (Å²) in [6, 6.07) is 24.3. The van der Waals surface area contributed by atoms with Crippen LogP contribution in [-0.4, -0.2) is 10.5 Å². The van der Waals surface area contributed by atoms with Crippen LogP contribution in [0.3, 0.4) is 0 Å². The van der Waals surface area contributed by atoms with Crippen molar-refractivity contribution in [2.24, 2.45) is 0 Å². The molecule has 0 aliphatic heterocycles. The molecule has 0 saturated heterocycles. The monoisotopic (exact) mass is 445 g/mol. The van der Waals surface area contributed by atoms with E-state index in [1.165, 1.54) is 0 Å². The van der Waals surface area contributed by atoms with E-state index in [0.717, 1.165) is 22.2 Å². The number of hydrogen-bond donors (Lipinski definition) is 1. The SMILES string of the molecule is N#C/C(=C\c1cn(CC(=O)Nc2ccccc2)c2ccccc12)c1ccc(Cl)cc1Cl. The second kappa shape index (κ2) is 9.09. The first kappa shape index (κ1) is 20.7. The number of nitrogens with zero attached hydrogens (tertiary/aromatic N) is 2. The molecular formula is C25H17Cl2N3O. The summed E-state index contributed by atoms with van der Waals surface area (Å²) in [5.41, 5.74) is 3.49. The maximum Gasteiger partial charge on any atom is 0.244 e. The third-order valence-corrected chi connectivity index (χ3v) is 5.38. The molecule has 6 heteroatoms.